The molecule has 4 rings (SSSR count). The van der Waals surface area contributed by atoms with E-state index in [1.807, 2.05) is 61.1 Å². The summed E-state index contributed by atoms with van der Waals surface area (Å²) in [5.74, 6) is 0.759. The quantitative estimate of drug-likeness (QED) is 0.305. The summed E-state index contributed by atoms with van der Waals surface area (Å²) in [4.78, 5) is 9.27. The summed E-state index contributed by atoms with van der Waals surface area (Å²) in [7, 11) is 0. The molecule has 1 N–H and O–H groups in total. The molecule has 1 aromatic carbocycles. The van der Waals surface area contributed by atoms with Gasteiger partial charge in [-0.2, -0.15) is 5.10 Å². The van der Waals surface area contributed by atoms with Crippen molar-refractivity contribution in [3.8, 4) is 17.1 Å². The van der Waals surface area contributed by atoms with Gasteiger partial charge in [0.1, 0.15) is 5.71 Å². The first-order chi connectivity index (χ1) is 14.0. The zero-order chi connectivity index (χ0) is 20.5. The van der Waals surface area contributed by atoms with Gasteiger partial charge in [0.25, 0.3) is 0 Å². The lowest BCUT2D eigenvalue weighted by atomic mass is 9.99. The summed E-state index contributed by atoms with van der Waals surface area (Å²) in [6.07, 6.45) is 1.85. The maximum atomic E-state index is 9.08. The van der Waals surface area contributed by atoms with E-state index in [0.29, 0.717) is 11.4 Å². The van der Waals surface area contributed by atoms with Crippen LogP contribution in [0.4, 0.5) is 0 Å². The highest BCUT2D eigenvalue weighted by Gasteiger charge is 2.14. The number of aryl methyl sites for hydroxylation is 1. The maximum absolute atomic E-state index is 9.08. The maximum Gasteiger partial charge on any atom is 0.154 e. The third-order valence-electron chi connectivity index (χ3n) is 4.80. The highest BCUT2D eigenvalue weighted by molar-refractivity contribution is 5.98. The first-order valence-corrected chi connectivity index (χ1v) is 9.26. The van der Waals surface area contributed by atoms with Crippen molar-refractivity contribution in [3.63, 3.8) is 0 Å². The Kier molecular flexibility index (Phi) is 4.68. The van der Waals surface area contributed by atoms with E-state index in [9.17, 15) is 0 Å². The zero-order valence-electron chi connectivity index (χ0n) is 16.6. The highest BCUT2D eigenvalue weighted by Crippen LogP contribution is 2.31. The second-order valence-corrected chi connectivity index (χ2v) is 7.02. The molecule has 0 radical (unpaired) electrons. The van der Waals surface area contributed by atoms with Gasteiger partial charge in [0.05, 0.1) is 23.1 Å². The molecule has 6 nitrogen and oxygen atoms in total. The van der Waals surface area contributed by atoms with E-state index in [-0.39, 0.29) is 0 Å². The molecule has 0 aliphatic carbocycles. The van der Waals surface area contributed by atoms with E-state index >= 15 is 0 Å². The Balaban J connectivity index is 1.97. The Labute approximate surface area is 168 Å². The third-order valence-corrected chi connectivity index (χ3v) is 4.80. The van der Waals surface area contributed by atoms with E-state index in [2.05, 4.69) is 38.9 Å². The van der Waals surface area contributed by atoms with Crippen LogP contribution in [0, 0.1) is 6.92 Å². The molecule has 29 heavy (non-hydrogen) atoms. The molecule has 0 saturated carbocycles. The van der Waals surface area contributed by atoms with Gasteiger partial charge >= 0.3 is 0 Å². The Hall–Kier alpha value is -3.80. The van der Waals surface area contributed by atoms with Crippen LogP contribution in [0.25, 0.3) is 33.6 Å². The molecule has 144 valence electrons. The van der Waals surface area contributed by atoms with Crippen LogP contribution in [-0.4, -0.2) is 30.7 Å². The van der Waals surface area contributed by atoms with Gasteiger partial charge in [-0.3, -0.25) is 0 Å². The minimum absolute atomic E-state index is 0.460. The van der Waals surface area contributed by atoms with Crippen molar-refractivity contribution in [2.24, 2.45) is 5.16 Å². The number of hydrogen-bond donors (Lipinski definition) is 1. The average molecular weight is 383 g/mol. The lowest BCUT2D eigenvalue weighted by Gasteiger charge is -2.10. The molecule has 0 fully saturated rings. The van der Waals surface area contributed by atoms with Crippen molar-refractivity contribution in [2.75, 3.05) is 0 Å². The summed E-state index contributed by atoms with van der Waals surface area (Å²) < 4.78 is 1.84. The average Bonchev–Trinajstić information content (AvgIpc) is 3.16. The summed E-state index contributed by atoms with van der Waals surface area (Å²) in [5, 5.41) is 17.9. The van der Waals surface area contributed by atoms with Crippen molar-refractivity contribution < 1.29 is 5.21 Å². The summed E-state index contributed by atoms with van der Waals surface area (Å²) >= 11 is 0. The first-order valence-electron chi connectivity index (χ1n) is 9.26. The van der Waals surface area contributed by atoms with Crippen molar-refractivity contribution >= 4 is 22.2 Å². The number of fused-ring (bicyclic) bond motifs is 1. The van der Waals surface area contributed by atoms with Crippen LogP contribution in [-0.2, 0) is 0 Å². The van der Waals surface area contributed by atoms with Crippen LogP contribution >= 0.6 is 0 Å². The summed E-state index contributed by atoms with van der Waals surface area (Å²) in [5.41, 5.74) is 6.60. The van der Waals surface area contributed by atoms with Gasteiger partial charge in [-0.25, -0.2) is 14.6 Å². The zero-order valence-corrected chi connectivity index (χ0v) is 16.6. The smallest absolute Gasteiger partial charge is 0.154 e. The fourth-order valence-corrected chi connectivity index (χ4v) is 3.30. The molecule has 0 atom stereocenters. The molecule has 0 aliphatic heterocycles. The van der Waals surface area contributed by atoms with E-state index in [1.54, 1.807) is 6.92 Å². The molecule has 4 aromatic rings. The number of rotatable bonds is 4. The summed E-state index contributed by atoms with van der Waals surface area (Å²) in [6.45, 7) is 9.79. The Morgan fingerprint density at radius 2 is 1.86 bits per heavy atom. The van der Waals surface area contributed by atoms with E-state index in [1.165, 1.54) is 0 Å². The number of pyridine rings is 2. The van der Waals surface area contributed by atoms with Crippen molar-refractivity contribution in [3.05, 3.63) is 78.3 Å². The molecule has 0 aliphatic rings. The fourth-order valence-electron chi connectivity index (χ4n) is 3.30. The number of allylic oxidation sites excluding steroid dienone is 1. The lowest BCUT2D eigenvalue weighted by Crippen LogP contribution is -2.01. The Morgan fingerprint density at radius 1 is 1.07 bits per heavy atom. The monoisotopic (exact) mass is 383 g/mol. The minimum Gasteiger partial charge on any atom is -0.411 e. The molecule has 3 heterocycles. The predicted octanol–water partition coefficient (Wildman–Crippen LogP) is 5.02. The van der Waals surface area contributed by atoms with Gasteiger partial charge in [-0.15, -0.1) is 0 Å². The molecular weight excluding hydrogens is 362 g/mol. The van der Waals surface area contributed by atoms with Crippen LogP contribution in [0.1, 0.15) is 30.8 Å². The predicted molar refractivity (Wildman–Crippen MR) is 116 cm³/mol. The highest BCUT2D eigenvalue weighted by atomic mass is 16.4. The van der Waals surface area contributed by atoms with Crippen LogP contribution in [0.3, 0.4) is 0 Å². The topological polar surface area (TPSA) is 76.2 Å². The van der Waals surface area contributed by atoms with Crippen LogP contribution < -0.4 is 0 Å². The molecule has 6 heteroatoms. The number of aromatic nitrogens is 4. The van der Waals surface area contributed by atoms with Crippen LogP contribution in [0.15, 0.2) is 66.5 Å². The van der Waals surface area contributed by atoms with Gasteiger partial charge < -0.3 is 5.21 Å². The van der Waals surface area contributed by atoms with E-state index < -0.39 is 0 Å². The van der Waals surface area contributed by atoms with Gasteiger partial charge in [0.2, 0.25) is 0 Å². The van der Waals surface area contributed by atoms with E-state index in [0.717, 1.165) is 44.8 Å². The van der Waals surface area contributed by atoms with E-state index in [4.69, 9.17) is 5.21 Å². The van der Waals surface area contributed by atoms with Gasteiger partial charge in [0.15, 0.2) is 5.82 Å². The van der Waals surface area contributed by atoms with Crippen LogP contribution in [0.2, 0.25) is 0 Å². The fraction of sp³-hybridized carbons (Fsp3) is 0.130. The van der Waals surface area contributed by atoms with Crippen molar-refractivity contribution in [1.29, 1.82) is 0 Å². The molecule has 0 unspecified atom stereocenters. The molecule has 0 bridgehead atoms. The second kappa shape index (κ2) is 7.31. The lowest BCUT2D eigenvalue weighted by molar-refractivity contribution is 0.319. The largest absolute Gasteiger partial charge is 0.411 e. The third kappa shape index (κ3) is 3.40. The Bertz CT molecular complexity index is 1270. The van der Waals surface area contributed by atoms with Gasteiger partial charge in [-0.05, 0) is 62.7 Å². The van der Waals surface area contributed by atoms with Gasteiger partial charge in [0, 0.05) is 16.6 Å². The van der Waals surface area contributed by atoms with Crippen molar-refractivity contribution in [2.45, 2.75) is 20.8 Å². The number of oxime groups is 1. The Morgan fingerprint density at radius 3 is 2.59 bits per heavy atom. The second-order valence-electron chi connectivity index (χ2n) is 7.02. The molecular formula is C23H21N5O. The van der Waals surface area contributed by atoms with Crippen molar-refractivity contribution in [1.82, 2.24) is 19.7 Å². The number of nitrogens with zero attached hydrogens (tertiary/aromatic N) is 5. The number of hydrogen-bond acceptors (Lipinski definition) is 5. The van der Waals surface area contributed by atoms with Gasteiger partial charge in [-0.1, -0.05) is 29.4 Å². The SMILES string of the molecule is C=C(C)c1cc(-c2cccc(/C(C)=N/O)n2)cc2c1cnn2-c1cccc(C)n1. The molecule has 0 spiro atoms. The molecule has 0 saturated heterocycles. The first kappa shape index (κ1) is 18.6. The molecule has 3 aromatic heterocycles. The number of benzene rings is 1. The molecule has 0 amide bonds. The van der Waals surface area contributed by atoms with Crippen LogP contribution in [0.5, 0.6) is 0 Å². The summed E-state index contributed by atoms with van der Waals surface area (Å²) in [6, 6.07) is 15.6. The normalized spacial score (nSPS) is 11.8. The minimum atomic E-state index is 0.460. The standard InChI is InChI=1S/C23H21N5O/c1-14(2)18-11-17(21-9-6-8-20(26-21)16(4)27-29)12-22-19(18)13-24-28(22)23-10-5-7-15(3)25-23/h5-13,29H,1H2,2-4H3/b27-16+.